The number of fused-ring (bicyclic) bond motifs is 1. The summed E-state index contributed by atoms with van der Waals surface area (Å²) in [6, 6.07) is 2.68. The summed E-state index contributed by atoms with van der Waals surface area (Å²) < 4.78 is 54.4. The van der Waals surface area contributed by atoms with E-state index >= 15 is 0 Å². The predicted molar refractivity (Wildman–Crippen MR) is 103 cm³/mol. The molecule has 31 heavy (non-hydrogen) atoms. The van der Waals surface area contributed by atoms with Gasteiger partial charge in [-0.25, -0.2) is 22.7 Å². The number of amides is 1. The third-order valence-corrected chi connectivity index (χ3v) is 5.29. The van der Waals surface area contributed by atoms with Crippen molar-refractivity contribution in [1.82, 2.24) is 19.9 Å². The Morgan fingerprint density at radius 2 is 2.10 bits per heavy atom. The Balaban J connectivity index is 1.69. The van der Waals surface area contributed by atoms with E-state index in [1.165, 1.54) is 40.0 Å². The van der Waals surface area contributed by atoms with Crippen molar-refractivity contribution in [3.63, 3.8) is 0 Å². The number of hydrogen-bond acceptors (Lipinski definition) is 6. The molecule has 0 saturated heterocycles. The molecule has 4 heterocycles. The fourth-order valence-corrected chi connectivity index (χ4v) is 3.72. The van der Waals surface area contributed by atoms with Crippen LogP contribution < -0.4 is 19.7 Å². The van der Waals surface area contributed by atoms with Gasteiger partial charge in [-0.2, -0.15) is 5.10 Å². The van der Waals surface area contributed by atoms with Crippen LogP contribution in [-0.2, 0) is 6.54 Å². The standard InChI is InChI=1S/C20H18F3N5O3/c21-12-2-3-15-11(6-12)8-27-14(17(22)23)10-31-16-9-28-18(26-19(16)27)13(7-25-28)20(29)24-4-1-5-30-15/h2-3,6-7,9,14,17H,1,4-5,8,10H2,(H,24,29). The van der Waals surface area contributed by atoms with Gasteiger partial charge in [-0.15, -0.1) is 0 Å². The molecule has 1 unspecified atom stereocenters. The van der Waals surface area contributed by atoms with E-state index in [-0.39, 0.29) is 48.4 Å². The summed E-state index contributed by atoms with van der Waals surface area (Å²) in [7, 11) is 0. The molecule has 2 aliphatic heterocycles. The molecular formula is C20H18F3N5O3. The maximum Gasteiger partial charge on any atom is 0.261 e. The van der Waals surface area contributed by atoms with E-state index in [1.54, 1.807) is 0 Å². The number of nitrogens with one attached hydrogen (secondary N) is 1. The molecule has 2 aliphatic rings. The van der Waals surface area contributed by atoms with Crippen LogP contribution in [0.1, 0.15) is 22.3 Å². The number of ether oxygens (including phenoxy) is 2. The monoisotopic (exact) mass is 433 g/mol. The van der Waals surface area contributed by atoms with Gasteiger partial charge in [0.2, 0.25) is 0 Å². The summed E-state index contributed by atoms with van der Waals surface area (Å²) >= 11 is 0. The maximum absolute atomic E-state index is 14.0. The third kappa shape index (κ3) is 3.49. The molecule has 8 nitrogen and oxygen atoms in total. The number of hydrogen-bond donors (Lipinski definition) is 1. The SMILES string of the molecule is O=C1NCCCOc2ccc(F)cc2CN2c3nc4c1cnn4cc3OCC2C(F)F. The fraction of sp³-hybridized carbons (Fsp3) is 0.350. The predicted octanol–water partition coefficient (Wildman–Crippen LogP) is 2.41. The molecule has 0 radical (unpaired) electrons. The van der Waals surface area contributed by atoms with Gasteiger partial charge in [-0.3, -0.25) is 4.79 Å². The van der Waals surface area contributed by atoms with Crippen molar-refractivity contribution in [1.29, 1.82) is 0 Å². The number of carbonyl (C=O) groups is 1. The molecule has 5 rings (SSSR count). The van der Waals surface area contributed by atoms with Gasteiger partial charge in [0.05, 0.1) is 19.0 Å². The highest BCUT2D eigenvalue weighted by atomic mass is 19.3. The number of aromatic nitrogens is 3. The second-order valence-corrected chi connectivity index (χ2v) is 7.31. The number of anilines is 1. The Bertz CT molecular complexity index is 1150. The first-order chi connectivity index (χ1) is 15.0. The summed E-state index contributed by atoms with van der Waals surface area (Å²) in [5.74, 6) is -0.122. The maximum atomic E-state index is 14.0. The second kappa shape index (κ2) is 7.64. The summed E-state index contributed by atoms with van der Waals surface area (Å²) in [5, 5.41) is 6.90. The first-order valence-electron chi connectivity index (χ1n) is 9.76. The van der Waals surface area contributed by atoms with Crippen LogP contribution in [0.15, 0.2) is 30.6 Å². The number of nitrogens with zero attached hydrogens (tertiary/aromatic N) is 4. The Morgan fingerprint density at radius 3 is 2.94 bits per heavy atom. The Morgan fingerprint density at radius 1 is 1.23 bits per heavy atom. The zero-order valence-corrected chi connectivity index (χ0v) is 16.2. The summed E-state index contributed by atoms with van der Waals surface area (Å²) in [6.07, 6.45) is 0.626. The van der Waals surface area contributed by atoms with Crippen molar-refractivity contribution in [2.45, 2.75) is 25.4 Å². The lowest BCUT2D eigenvalue weighted by Crippen LogP contribution is -2.47. The number of halogens is 3. The molecule has 3 aromatic rings. The van der Waals surface area contributed by atoms with Gasteiger partial charge >= 0.3 is 0 Å². The highest BCUT2D eigenvalue weighted by molar-refractivity contribution is 5.99. The van der Waals surface area contributed by atoms with Crippen LogP contribution >= 0.6 is 0 Å². The molecule has 2 bridgehead atoms. The van der Waals surface area contributed by atoms with Crippen LogP contribution in [0.5, 0.6) is 11.5 Å². The lowest BCUT2D eigenvalue weighted by Gasteiger charge is -2.37. The van der Waals surface area contributed by atoms with E-state index < -0.39 is 18.3 Å². The summed E-state index contributed by atoms with van der Waals surface area (Å²) in [6.45, 7) is 0.258. The molecule has 0 aliphatic carbocycles. The van der Waals surface area contributed by atoms with Crippen molar-refractivity contribution < 1.29 is 27.4 Å². The smallest absolute Gasteiger partial charge is 0.261 e. The average Bonchev–Trinajstić information content (AvgIpc) is 3.15. The number of carbonyl (C=O) groups excluding carboxylic acids is 1. The molecule has 0 spiro atoms. The van der Waals surface area contributed by atoms with Gasteiger partial charge in [0.1, 0.15) is 29.8 Å². The molecule has 1 amide bonds. The highest BCUT2D eigenvalue weighted by Crippen LogP contribution is 2.37. The lowest BCUT2D eigenvalue weighted by molar-refractivity contribution is 0.0766. The van der Waals surface area contributed by atoms with Crippen LogP contribution in [0.25, 0.3) is 5.65 Å². The number of alkyl halides is 2. The van der Waals surface area contributed by atoms with Gasteiger partial charge in [-0.05, 0) is 24.6 Å². The van der Waals surface area contributed by atoms with E-state index in [9.17, 15) is 18.0 Å². The Hall–Kier alpha value is -3.50. The van der Waals surface area contributed by atoms with Crippen molar-refractivity contribution in [2.24, 2.45) is 0 Å². The summed E-state index contributed by atoms with van der Waals surface area (Å²) in [4.78, 5) is 18.4. The first kappa shape index (κ1) is 19.5. The van der Waals surface area contributed by atoms with E-state index in [0.717, 1.165) is 0 Å². The zero-order chi connectivity index (χ0) is 21.5. The molecular weight excluding hydrogens is 415 g/mol. The summed E-state index contributed by atoms with van der Waals surface area (Å²) in [5.41, 5.74) is 0.842. The molecule has 162 valence electrons. The zero-order valence-electron chi connectivity index (χ0n) is 16.2. The number of benzene rings is 1. The molecule has 0 saturated carbocycles. The van der Waals surface area contributed by atoms with Crippen molar-refractivity contribution >= 4 is 17.4 Å². The van der Waals surface area contributed by atoms with Gasteiger partial charge < -0.3 is 19.7 Å². The largest absolute Gasteiger partial charge is 0.493 e. The minimum Gasteiger partial charge on any atom is -0.493 e. The highest BCUT2D eigenvalue weighted by Gasteiger charge is 2.36. The van der Waals surface area contributed by atoms with E-state index in [2.05, 4.69) is 15.4 Å². The van der Waals surface area contributed by atoms with Crippen molar-refractivity contribution in [3.8, 4) is 11.5 Å². The molecule has 1 atom stereocenters. The molecule has 2 aromatic heterocycles. The minimum absolute atomic E-state index is 0.0721. The van der Waals surface area contributed by atoms with Crippen LogP contribution in [0.2, 0.25) is 0 Å². The van der Waals surface area contributed by atoms with Gasteiger partial charge in [-0.1, -0.05) is 0 Å². The van der Waals surface area contributed by atoms with Gasteiger partial charge in [0, 0.05) is 18.7 Å². The quantitative estimate of drug-likeness (QED) is 0.635. The normalized spacial score (nSPS) is 18.9. The third-order valence-electron chi connectivity index (χ3n) is 5.29. The Kier molecular flexibility index (Phi) is 4.79. The lowest BCUT2D eigenvalue weighted by atomic mass is 10.1. The molecule has 1 aromatic carbocycles. The first-order valence-corrected chi connectivity index (χ1v) is 9.76. The van der Waals surface area contributed by atoms with Crippen LogP contribution in [0.4, 0.5) is 19.0 Å². The van der Waals surface area contributed by atoms with E-state index in [4.69, 9.17) is 9.47 Å². The average molecular weight is 433 g/mol. The van der Waals surface area contributed by atoms with Crippen molar-refractivity contribution in [2.75, 3.05) is 24.7 Å². The molecule has 11 heteroatoms. The van der Waals surface area contributed by atoms with E-state index in [0.29, 0.717) is 24.3 Å². The van der Waals surface area contributed by atoms with Gasteiger partial charge in [0.15, 0.2) is 17.2 Å². The second-order valence-electron chi connectivity index (χ2n) is 7.31. The van der Waals surface area contributed by atoms with Crippen LogP contribution in [-0.4, -0.2) is 52.7 Å². The fourth-order valence-electron chi connectivity index (χ4n) is 3.72. The molecule has 1 N–H and O–H groups in total. The van der Waals surface area contributed by atoms with Crippen LogP contribution in [0.3, 0.4) is 0 Å². The van der Waals surface area contributed by atoms with Gasteiger partial charge in [0.25, 0.3) is 12.3 Å². The minimum atomic E-state index is -2.74. The molecule has 0 fully saturated rings. The Labute approximate surface area is 174 Å². The van der Waals surface area contributed by atoms with Crippen molar-refractivity contribution in [3.05, 3.63) is 47.5 Å². The topological polar surface area (TPSA) is 81.0 Å². The van der Waals surface area contributed by atoms with Crippen LogP contribution in [0, 0.1) is 5.82 Å². The number of rotatable bonds is 1. The van der Waals surface area contributed by atoms with E-state index in [1.807, 2.05) is 0 Å².